The monoisotopic (exact) mass is 314 g/mol. The highest BCUT2D eigenvalue weighted by atomic mass is 32.2. The molecule has 0 unspecified atom stereocenters. The van der Waals surface area contributed by atoms with Crippen molar-refractivity contribution in [3.05, 3.63) is 42.1 Å². The number of aromatic nitrogens is 2. The maximum Gasteiger partial charge on any atom is 0.433 e. The fourth-order valence-corrected chi connectivity index (χ4v) is 2.10. The minimum absolute atomic E-state index is 0.103. The van der Waals surface area contributed by atoms with Gasteiger partial charge in [0.15, 0.2) is 5.16 Å². The van der Waals surface area contributed by atoms with Gasteiger partial charge in [-0.15, -0.1) is 0 Å². The summed E-state index contributed by atoms with van der Waals surface area (Å²) in [6.45, 7) is 0. The first-order valence-corrected chi connectivity index (χ1v) is 6.71. The largest absolute Gasteiger partial charge is 0.481 e. The quantitative estimate of drug-likeness (QED) is 0.693. The van der Waals surface area contributed by atoms with E-state index in [0.717, 1.165) is 6.07 Å². The molecule has 1 aromatic heterocycles. The number of hydrogen-bond donors (Lipinski definition) is 1. The highest BCUT2D eigenvalue weighted by Crippen LogP contribution is 2.31. The molecule has 8 heteroatoms. The van der Waals surface area contributed by atoms with Crippen molar-refractivity contribution in [1.29, 1.82) is 0 Å². The van der Waals surface area contributed by atoms with Crippen LogP contribution in [0.3, 0.4) is 0 Å². The van der Waals surface area contributed by atoms with Gasteiger partial charge in [0.05, 0.1) is 11.4 Å². The molecular formula is C13H9F3N2O2S. The molecule has 2 aromatic rings. The van der Waals surface area contributed by atoms with E-state index in [2.05, 4.69) is 9.97 Å². The van der Waals surface area contributed by atoms with Crippen LogP contribution < -0.4 is 0 Å². The maximum atomic E-state index is 12.8. The fourth-order valence-electron chi connectivity index (χ4n) is 1.52. The Morgan fingerprint density at radius 3 is 2.43 bits per heavy atom. The van der Waals surface area contributed by atoms with Crippen molar-refractivity contribution in [3.63, 3.8) is 0 Å². The molecule has 1 aromatic carbocycles. The summed E-state index contributed by atoms with van der Waals surface area (Å²) in [6.07, 6.45) is -4.62. The van der Waals surface area contributed by atoms with Crippen molar-refractivity contribution < 1.29 is 23.1 Å². The van der Waals surface area contributed by atoms with Gasteiger partial charge < -0.3 is 5.11 Å². The predicted octanol–water partition coefficient (Wildman–Crippen LogP) is 3.34. The number of carbonyl (C=O) groups is 1. The molecule has 0 fully saturated rings. The average molecular weight is 314 g/mol. The van der Waals surface area contributed by atoms with Crippen LogP contribution >= 0.6 is 11.8 Å². The second-order valence-electron chi connectivity index (χ2n) is 3.97. The molecule has 0 spiro atoms. The summed E-state index contributed by atoms with van der Waals surface area (Å²) in [5.41, 5.74) is -0.488. The van der Waals surface area contributed by atoms with E-state index in [1.54, 1.807) is 30.3 Å². The second kappa shape index (κ2) is 6.13. The molecule has 0 atom stereocenters. The molecule has 1 N–H and O–H groups in total. The maximum absolute atomic E-state index is 12.8. The molecule has 0 bridgehead atoms. The van der Waals surface area contributed by atoms with Gasteiger partial charge in [-0.05, 0) is 6.07 Å². The number of nitrogens with zero attached hydrogens (tertiary/aromatic N) is 2. The summed E-state index contributed by atoms with van der Waals surface area (Å²) in [5.74, 6) is -1.56. The van der Waals surface area contributed by atoms with Gasteiger partial charge in [-0.25, -0.2) is 9.97 Å². The molecule has 0 aliphatic heterocycles. The number of carboxylic acids is 1. The summed E-state index contributed by atoms with van der Waals surface area (Å²) in [4.78, 5) is 17.9. The number of thioether (sulfide) groups is 1. The average Bonchev–Trinajstić information content (AvgIpc) is 2.45. The van der Waals surface area contributed by atoms with Crippen LogP contribution in [0.5, 0.6) is 0 Å². The molecule has 0 amide bonds. The zero-order valence-corrected chi connectivity index (χ0v) is 11.3. The molecule has 21 heavy (non-hydrogen) atoms. The van der Waals surface area contributed by atoms with Crippen LogP contribution in [0, 0.1) is 0 Å². The highest BCUT2D eigenvalue weighted by Gasteiger charge is 2.33. The van der Waals surface area contributed by atoms with E-state index in [-0.39, 0.29) is 10.9 Å². The van der Waals surface area contributed by atoms with Crippen LogP contribution in [0.15, 0.2) is 41.6 Å². The van der Waals surface area contributed by atoms with Crippen molar-refractivity contribution in [2.45, 2.75) is 11.3 Å². The number of hydrogen-bond acceptors (Lipinski definition) is 4. The summed E-state index contributed by atoms with van der Waals surface area (Å²) < 4.78 is 38.5. The molecule has 0 aliphatic carbocycles. The van der Waals surface area contributed by atoms with Crippen molar-refractivity contribution in [2.75, 3.05) is 5.75 Å². The molecule has 0 aliphatic rings. The Bertz CT molecular complexity index is 648. The van der Waals surface area contributed by atoms with Crippen LogP contribution in [0.2, 0.25) is 0 Å². The summed E-state index contributed by atoms with van der Waals surface area (Å²) in [5, 5.41) is 8.38. The topological polar surface area (TPSA) is 63.1 Å². The molecule has 1 heterocycles. The summed E-state index contributed by atoms with van der Waals surface area (Å²) in [7, 11) is 0. The Morgan fingerprint density at radius 2 is 1.86 bits per heavy atom. The van der Waals surface area contributed by atoms with E-state index in [0.29, 0.717) is 17.3 Å². The van der Waals surface area contributed by atoms with E-state index in [4.69, 9.17) is 5.11 Å². The van der Waals surface area contributed by atoms with Crippen molar-refractivity contribution in [3.8, 4) is 11.3 Å². The molecule has 0 saturated heterocycles. The standard InChI is InChI=1S/C13H9F3N2O2S/c14-13(15,16)10-6-9(8-4-2-1-3-5-8)17-12(18-10)21-7-11(19)20/h1-6H,7H2,(H,19,20). The lowest BCUT2D eigenvalue weighted by molar-refractivity contribution is -0.141. The Labute approximate surface area is 122 Å². The van der Waals surface area contributed by atoms with Crippen molar-refractivity contribution >= 4 is 17.7 Å². The predicted molar refractivity (Wildman–Crippen MR) is 70.8 cm³/mol. The fraction of sp³-hybridized carbons (Fsp3) is 0.154. The number of carboxylic acid groups (broad SMARTS) is 1. The number of aliphatic carboxylic acids is 1. The van der Waals surface area contributed by atoms with Gasteiger partial charge in [0, 0.05) is 5.56 Å². The van der Waals surface area contributed by atoms with Gasteiger partial charge >= 0.3 is 12.1 Å². The van der Waals surface area contributed by atoms with E-state index in [1.807, 2.05) is 0 Å². The Hall–Kier alpha value is -2.09. The summed E-state index contributed by atoms with van der Waals surface area (Å²) >= 11 is 0.646. The van der Waals surface area contributed by atoms with E-state index in [1.165, 1.54) is 0 Å². The minimum atomic E-state index is -4.62. The van der Waals surface area contributed by atoms with Gasteiger partial charge in [-0.2, -0.15) is 13.2 Å². The zero-order valence-electron chi connectivity index (χ0n) is 10.5. The third-order valence-corrected chi connectivity index (χ3v) is 3.22. The van der Waals surface area contributed by atoms with Crippen LogP contribution in [0.4, 0.5) is 13.2 Å². The van der Waals surface area contributed by atoms with Crippen molar-refractivity contribution in [1.82, 2.24) is 9.97 Å². The number of rotatable bonds is 4. The van der Waals surface area contributed by atoms with E-state index in [9.17, 15) is 18.0 Å². The van der Waals surface area contributed by atoms with E-state index < -0.39 is 23.6 Å². The normalized spacial score (nSPS) is 11.4. The van der Waals surface area contributed by atoms with Gasteiger partial charge in [-0.1, -0.05) is 42.1 Å². The zero-order chi connectivity index (χ0) is 15.5. The first-order valence-electron chi connectivity index (χ1n) is 5.72. The van der Waals surface area contributed by atoms with Crippen molar-refractivity contribution in [2.24, 2.45) is 0 Å². The molecule has 4 nitrogen and oxygen atoms in total. The molecule has 110 valence electrons. The van der Waals surface area contributed by atoms with Gasteiger partial charge in [-0.3, -0.25) is 4.79 Å². The molecule has 2 rings (SSSR count). The Morgan fingerprint density at radius 1 is 1.19 bits per heavy atom. The van der Waals surface area contributed by atoms with Crippen LogP contribution in [-0.2, 0) is 11.0 Å². The Kier molecular flexibility index (Phi) is 4.46. The second-order valence-corrected chi connectivity index (χ2v) is 4.91. The number of alkyl halides is 3. The third-order valence-electron chi connectivity index (χ3n) is 2.39. The van der Waals surface area contributed by atoms with Gasteiger partial charge in [0.2, 0.25) is 0 Å². The van der Waals surface area contributed by atoms with Crippen LogP contribution in [-0.4, -0.2) is 26.8 Å². The highest BCUT2D eigenvalue weighted by molar-refractivity contribution is 7.99. The smallest absolute Gasteiger partial charge is 0.433 e. The molecule has 0 saturated carbocycles. The van der Waals surface area contributed by atoms with Crippen LogP contribution in [0.25, 0.3) is 11.3 Å². The molecule has 0 radical (unpaired) electrons. The lowest BCUT2D eigenvalue weighted by Crippen LogP contribution is -2.10. The lowest BCUT2D eigenvalue weighted by atomic mass is 10.1. The van der Waals surface area contributed by atoms with E-state index >= 15 is 0 Å². The minimum Gasteiger partial charge on any atom is -0.481 e. The first kappa shape index (κ1) is 15.3. The lowest BCUT2D eigenvalue weighted by Gasteiger charge is -2.10. The van der Waals surface area contributed by atoms with Gasteiger partial charge in [0.1, 0.15) is 5.69 Å². The number of halogens is 3. The Balaban J connectivity index is 2.45. The number of benzene rings is 1. The molecular weight excluding hydrogens is 305 g/mol. The van der Waals surface area contributed by atoms with Crippen LogP contribution in [0.1, 0.15) is 5.69 Å². The third kappa shape index (κ3) is 4.19. The first-order chi connectivity index (χ1) is 9.86. The SMILES string of the molecule is O=C(O)CSc1nc(-c2ccccc2)cc(C(F)(F)F)n1. The summed E-state index contributed by atoms with van der Waals surface area (Å²) in [6, 6.07) is 9.17. The van der Waals surface area contributed by atoms with Gasteiger partial charge in [0.25, 0.3) is 0 Å².